The fourth-order valence-electron chi connectivity index (χ4n) is 7.51. The maximum atomic E-state index is 13.3. The quantitative estimate of drug-likeness (QED) is 0.109. The van der Waals surface area contributed by atoms with E-state index in [0.717, 1.165) is 91.4 Å². The second-order valence-corrected chi connectivity index (χ2v) is 16.2. The molecule has 4 amide bonds. The van der Waals surface area contributed by atoms with Gasteiger partial charge in [0.2, 0.25) is 27.8 Å². The van der Waals surface area contributed by atoms with Crippen LogP contribution in [-0.4, -0.2) is 113 Å². The number of imide groups is 2. The molecule has 0 saturated carbocycles. The number of nitrogens with zero attached hydrogens (tertiary/aromatic N) is 7. The van der Waals surface area contributed by atoms with Gasteiger partial charge in [0.15, 0.2) is 0 Å². The summed E-state index contributed by atoms with van der Waals surface area (Å²) < 4.78 is 33.7. The number of piperazine rings is 1. The molecule has 3 aliphatic rings. The zero-order chi connectivity index (χ0) is 40.4. The molecule has 58 heavy (non-hydrogen) atoms. The number of benzene rings is 2. The second kappa shape index (κ2) is 16.2. The van der Waals surface area contributed by atoms with Gasteiger partial charge in [-0.25, -0.2) is 22.9 Å². The van der Waals surface area contributed by atoms with Crippen LogP contribution in [-0.2, 0) is 19.6 Å². The standard InChI is InChI=1S/C40H42N10O7S/c1-58(55,56)46-27-8-5-7-26(23-27)31-13-12-29-25-42-40(45-50(29)31)43-28-11-15-34(41-24-28)48-20-18-47(19-21-48)17-3-2-4-22-57-33-10-6-9-30-36(33)39(54)49(38(30)53)32-14-16-35(51)44-37(32)52/h5-13,15,23-25,32,46H,2-4,14,16-22H2,1H3,(H,43,45)(H,44,51,52). The first-order chi connectivity index (χ1) is 28.0. The lowest BCUT2D eigenvalue weighted by molar-refractivity contribution is -0.136. The molecule has 300 valence electrons. The number of hydrogen-bond acceptors (Lipinski definition) is 13. The highest BCUT2D eigenvalue weighted by molar-refractivity contribution is 7.92. The number of amides is 4. The summed E-state index contributed by atoms with van der Waals surface area (Å²) >= 11 is 0. The predicted octanol–water partition coefficient (Wildman–Crippen LogP) is 3.68. The second-order valence-electron chi connectivity index (χ2n) is 14.5. The first kappa shape index (κ1) is 38.5. The van der Waals surface area contributed by atoms with Gasteiger partial charge in [-0.15, -0.1) is 5.10 Å². The van der Waals surface area contributed by atoms with Crippen molar-refractivity contribution in [1.82, 2.24) is 34.7 Å². The fourth-order valence-corrected chi connectivity index (χ4v) is 8.07. The smallest absolute Gasteiger partial charge is 0.266 e. The van der Waals surface area contributed by atoms with E-state index in [1.807, 2.05) is 30.3 Å². The minimum atomic E-state index is -3.41. The van der Waals surface area contributed by atoms with Crippen LogP contribution in [0.4, 0.5) is 23.1 Å². The van der Waals surface area contributed by atoms with Crippen molar-refractivity contribution in [3.8, 4) is 17.0 Å². The Morgan fingerprint density at radius 1 is 0.862 bits per heavy atom. The molecule has 2 fully saturated rings. The van der Waals surface area contributed by atoms with Gasteiger partial charge in [-0.1, -0.05) is 18.2 Å². The Balaban J connectivity index is 0.776. The first-order valence-corrected chi connectivity index (χ1v) is 21.0. The SMILES string of the molecule is CS(=O)(=O)Nc1cccc(-c2ccc3cnc(Nc4ccc(N5CCN(CCCCCOc6cccc7c6C(=O)N(C6CCC(=O)NC6=O)C7=O)CC5)nc4)nn23)c1. The van der Waals surface area contributed by atoms with Crippen molar-refractivity contribution in [3.63, 3.8) is 0 Å². The van der Waals surface area contributed by atoms with Gasteiger partial charge in [0.1, 0.15) is 17.6 Å². The topological polar surface area (TPSA) is 201 Å². The van der Waals surface area contributed by atoms with Crippen LogP contribution in [0.2, 0.25) is 0 Å². The average molecular weight is 807 g/mol. The fraction of sp³-hybridized carbons (Fsp3) is 0.325. The normalized spacial score (nSPS) is 17.4. The molecule has 0 spiro atoms. The summed E-state index contributed by atoms with van der Waals surface area (Å²) in [7, 11) is -3.41. The van der Waals surface area contributed by atoms with Crippen LogP contribution in [0.15, 0.2) is 79.1 Å². The van der Waals surface area contributed by atoms with E-state index in [0.29, 0.717) is 24.0 Å². The highest BCUT2D eigenvalue weighted by Gasteiger charge is 2.46. The molecule has 2 aromatic carbocycles. The first-order valence-electron chi connectivity index (χ1n) is 19.1. The zero-order valence-electron chi connectivity index (χ0n) is 31.8. The highest BCUT2D eigenvalue weighted by atomic mass is 32.2. The van der Waals surface area contributed by atoms with E-state index in [4.69, 9.17) is 9.72 Å². The molecular weight excluding hydrogens is 765 g/mol. The summed E-state index contributed by atoms with van der Waals surface area (Å²) in [6.45, 7) is 4.86. The van der Waals surface area contributed by atoms with Gasteiger partial charge in [0.25, 0.3) is 11.8 Å². The number of carbonyl (C=O) groups is 4. The Kier molecular flexibility index (Phi) is 10.8. The van der Waals surface area contributed by atoms with Crippen LogP contribution in [0.1, 0.15) is 52.8 Å². The van der Waals surface area contributed by atoms with Gasteiger partial charge < -0.3 is 15.0 Å². The minimum absolute atomic E-state index is 0.0655. The largest absolute Gasteiger partial charge is 0.493 e. The Morgan fingerprint density at radius 3 is 2.47 bits per heavy atom. The maximum absolute atomic E-state index is 13.3. The molecule has 18 heteroatoms. The Bertz CT molecular complexity index is 2500. The van der Waals surface area contributed by atoms with Gasteiger partial charge in [-0.05, 0) is 80.8 Å². The maximum Gasteiger partial charge on any atom is 0.266 e. The number of hydrogen-bond donors (Lipinski definition) is 3. The average Bonchev–Trinajstić information content (AvgIpc) is 3.74. The van der Waals surface area contributed by atoms with Gasteiger partial charge in [-0.3, -0.25) is 39.0 Å². The lowest BCUT2D eigenvalue weighted by Gasteiger charge is -2.35. The Hall–Kier alpha value is -6.40. The van der Waals surface area contributed by atoms with Crippen LogP contribution < -0.4 is 25.0 Å². The van der Waals surface area contributed by atoms with E-state index >= 15 is 0 Å². The number of unbranched alkanes of at least 4 members (excludes halogenated alkanes) is 2. The van der Waals surface area contributed by atoms with Crippen LogP contribution in [0.3, 0.4) is 0 Å². The molecular formula is C40H42N10O7S. The molecule has 6 heterocycles. The number of carbonyl (C=O) groups excluding carboxylic acids is 4. The monoisotopic (exact) mass is 806 g/mol. The molecule has 8 rings (SSSR count). The number of rotatable bonds is 14. The van der Waals surface area contributed by atoms with E-state index in [1.165, 1.54) is 0 Å². The van der Waals surface area contributed by atoms with E-state index < -0.39 is 39.7 Å². The Morgan fingerprint density at radius 2 is 1.69 bits per heavy atom. The number of ether oxygens (including phenoxy) is 1. The number of piperidine rings is 1. The third-order valence-electron chi connectivity index (χ3n) is 10.4. The minimum Gasteiger partial charge on any atom is -0.493 e. The molecule has 0 bridgehead atoms. The van der Waals surface area contributed by atoms with E-state index in [-0.39, 0.29) is 24.0 Å². The van der Waals surface area contributed by atoms with Crippen molar-refractivity contribution in [2.45, 2.75) is 38.1 Å². The third kappa shape index (κ3) is 8.33. The molecule has 17 nitrogen and oxygen atoms in total. The van der Waals surface area contributed by atoms with Crippen LogP contribution in [0, 0.1) is 0 Å². The van der Waals surface area contributed by atoms with Crippen molar-refractivity contribution >= 4 is 62.3 Å². The van der Waals surface area contributed by atoms with Crippen LogP contribution in [0.5, 0.6) is 5.75 Å². The zero-order valence-corrected chi connectivity index (χ0v) is 32.6. The van der Waals surface area contributed by atoms with Crippen molar-refractivity contribution < 1.29 is 32.3 Å². The predicted molar refractivity (Wildman–Crippen MR) is 216 cm³/mol. The van der Waals surface area contributed by atoms with Crippen molar-refractivity contribution in [1.29, 1.82) is 0 Å². The molecule has 5 aromatic rings. The number of pyridine rings is 1. The van der Waals surface area contributed by atoms with Crippen molar-refractivity contribution in [2.75, 3.05) is 60.5 Å². The van der Waals surface area contributed by atoms with E-state index in [1.54, 1.807) is 53.3 Å². The van der Waals surface area contributed by atoms with Gasteiger partial charge in [0.05, 0.1) is 53.3 Å². The highest BCUT2D eigenvalue weighted by Crippen LogP contribution is 2.34. The molecule has 1 atom stereocenters. The molecule has 1 unspecified atom stereocenters. The summed E-state index contributed by atoms with van der Waals surface area (Å²) in [4.78, 5) is 65.2. The van der Waals surface area contributed by atoms with Crippen LogP contribution >= 0.6 is 0 Å². The summed E-state index contributed by atoms with van der Waals surface area (Å²) in [6, 6.07) is 18.7. The number of fused-ring (bicyclic) bond motifs is 2. The molecule has 3 N–H and O–H groups in total. The lowest BCUT2D eigenvalue weighted by atomic mass is 10.0. The van der Waals surface area contributed by atoms with E-state index in [2.05, 4.69) is 35.2 Å². The molecule has 0 radical (unpaired) electrons. The molecule has 2 saturated heterocycles. The third-order valence-corrected chi connectivity index (χ3v) is 11.0. The molecule has 3 aliphatic heterocycles. The number of nitrogens with one attached hydrogen (secondary N) is 3. The summed E-state index contributed by atoms with van der Waals surface area (Å²) in [5.41, 5.74) is 3.95. The van der Waals surface area contributed by atoms with Gasteiger partial charge in [-0.2, -0.15) is 0 Å². The van der Waals surface area contributed by atoms with Crippen LogP contribution in [0.25, 0.3) is 16.8 Å². The summed E-state index contributed by atoms with van der Waals surface area (Å²) in [5.74, 6) is -0.575. The summed E-state index contributed by atoms with van der Waals surface area (Å²) in [5, 5.41) is 10.1. The number of aromatic nitrogens is 4. The van der Waals surface area contributed by atoms with Gasteiger partial charge >= 0.3 is 0 Å². The lowest BCUT2D eigenvalue weighted by Crippen LogP contribution is -2.54. The van der Waals surface area contributed by atoms with E-state index in [9.17, 15) is 27.6 Å². The van der Waals surface area contributed by atoms with Gasteiger partial charge in [0, 0.05) is 43.9 Å². The summed E-state index contributed by atoms with van der Waals surface area (Å²) in [6.07, 6.45) is 7.46. The van der Waals surface area contributed by atoms with Crippen molar-refractivity contribution in [3.05, 3.63) is 90.3 Å². The molecule has 3 aromatic heterocycles. The number of sulfonamides is 1. The number of anilines is 4. The Labute approximate surface area is 334 Å². The van der Waals surface area contributed by atoms with Crippen molar-refractivity contribution in [2.24, 2.45) is 0 Å². The molecule has 0 aliphatic carbocycles.